The third-order valence-corrected chi connectivity index (χ3v) is 3.00. The Bertz CT molecular complexity index is 455. The fourth-order valence-corrected chi connectivity index (χ4v) is 2.07. The van der Waals surface area contributed by atoms with Crippen LogP contribution in [0.25, 0.3) is 0 Å². The van der Waals surface area contributed by atoms with E-state index in [1.165, 1.54) is 0 Å². The molecule has 0 aromatic carbocycles. The molecule has 0 saturated carbocycles. The maximum atomic E-state index is 5.63. The van der Waals surface area contributed by atoms with E-state index in [0.717, 1.165) is 26.1 Å². The lowest BCUT2D eigenvalue weighted by molar-refractivity contribution is 0.0525. The van der Waals surface area contributed by atoms with Crippen LogP contribution >= 0.6 is 0 Å². The van der Waals surface area contributed by atoms with Gasteiger partial charge in [0.15, 0.2) is 0 Å². The van der Waals surface area contributed by atoms with Crippen molar-refractivity contribution in [2.45, 2.75) is 46.3 Å². The SMILES string of the molecule is CCCNc1nc(OC(C)C)nc(N2CCOC(C)C2)n1. The number of aromatic nitrogens is 3. The van der Waals surface area contributed by atoms with Gasteiger partial charge in [0.2, 0.25) is 11.9 Å². The fourth-order valence-electron chi connectivity index (χ4n) is 2.07. The molecule has 1 unspecified atom stereocenters. The molecule has 1 aliphatic rings. The molecule has 7 nitrogen and oxygen atoms in total. The number of nitrogens with one attached hydrogen (secondary N) is 1. The van der Waals surface area contributed by atoms with Crippen LogP contribution < -0.4 is 15.0 Å². The van der Waals surface area contributed by atoms with Crippen molar-refractivity contribution >= 4 is 11.9 Å². The zero-order valence-electron chi connectivity index (χ0n) is 13.3. The van der Waals surface area contributed by atoms with Crippen molar-refractivity contribution in [3.05, 3.63) is 0 Å². The summed E-state index contributed by atoms with van der Waals surface area (Å²) in [4.78, 5) is 15.3. The first-order valence-electron chi connectivity index (χ1n) is 7.61. The molecule has 1 aromatic heterocycles. The summed E-state index contributed by atoms with van der Waals surface area (Å²) >= 11 is 0. The second kappa shape index (κ2) is 7.40. The molecule has 0 spiro atoms. The normalized spacial score (nSPS) is 18.9. The molecule has 118 valence electrons. The Morgan fingerprint density at radius 1 is 1.38 bits per heavy atom. The van der Waals surface area contributed by atoms with Gasteiger partial charge >= 0.3 is 6.01 Å². The molecule has 0 amide bonds. The van der Waals surface area contributed by atoms with E-state index in [0.29, 0.717) is 24.5 Å². The smallest absolute Gasteiger partial charge is 0.323 e. The number of anilines is 2. The van der Waals surface area contributed by atoms with Crippen LogP contribution in [0.3, 0.4) is 0 Å². The molecule has 2 heterocycles. The Balaban J connectivity index is 2.20. The zero-order chi connectivity index (χ0) is 15.2. The zero-order valence-corrected chi connectivity index (χ0v) is 13.3. The molecule has 0 bridgehead atoms. The van der Waals surface area contributed by atoms with Crippen molar-refractivity contribution < 1.29 is 9.47 Å². The van der Waals surface area contributed by atoms with E-state index in [1.54, 1.807) is 0 Å². The van der Waals surface area contributed by atoms with E-state index in [-0.39, 0.29) is 12.2 Å². The second-order valence-corrected chi connectivity index (χ2v) is 5.46. The lowest BCUT2D eigenvalue weighted by Gasteiger charge is -2.31. The fraction of sp³-hybridized carbons (Fsp3) is 0.786. The minimum Gasteiger partial charge on any atom is -0.461 e. The van der Waals surface area contributed by atoms with Crippen LogP contribution in [0.1, 0.15) is 34.1 Å². The molecule has 1 saturated heterocycles. The number of ether oxygens (including phenoxy) is 2. The van der Waals surface area contributed by atoms with Crippen molar-refractivity contribution in [2.24, 2.45) is 0 Å². The third-order valence-electron chi connectivity index (χ3n) is 3.00. The average molecular weight is 295 g/mol. The van der Waals surface area contributed by atoms with E-state index in [4.69, 9.17) is 9.47 Å². The molecule has 2 rings (SSSR count). The van der Waals surface area contributed by atoms with Gasteiger partial charge in [-0.1, -0.05) is 6.92 Å². The van der Waals surface area contributed by atoms with Crippen LogP contribution in [0, 0.1) is 0 Å². The number of hydrogen-bond donors (Lipinski definition) is 1. The number of morpholine rings is 1. The highest BCUT2D eigenvalue weighted by molar-refractivity contribution is 5.39. The van der Waals surface area contributed by atoms with Gasteiger partial charge < -0.3 is 19.7 Å². The van der Waals surface area contributed by atoms with Crippen LogP contribution in [0.2, 0.25) is 0 Å². The van der Waals surface area contributed by atoms with Gasteiger partial charge in [0, 0.05) is 19.6 Å². The van der Waals surface area contributed by atoms with E-state index < -0.39 is 0 Å². The highest BCUT2D eigenvalue weighted by Crippen LogP contribution is 2.18. The minimum absolute atomic E-state index is 0.0305. The average Bonchev–Trinajstić information content (AvgIpc) is 2.44. The first-order valence-corrected chi connectivity index (χ1v) is 7.61. The molecular formula is C14H25N5O2. The van der Waals surface area contributed by atoms with E-state index >= 15 is 0 Å². The van der Waals surface area contributed by atoms with Crippen LogP contribution in [-0.2, 0) is 4.74 Å². The largest absolute Gasteiger partial charge is 0.461 e. The Morgan fingerprint density at radius 3 is 2.86 bits per heavy atom. The summed E-state index contributed by atoms with van der Waals surface area (Å²) in [5.74, 6) is 1.21. The maximum absolute atomic E-state index is 5.63. The lowest BCUT2D eigenvalue weighted by atomic mass is 10.3. The van der Waals surface area contributed by atoms with E-state index in [9.17, 15) is 0 Å². The first-order chi connectivity index (χ1) is 10.1. The Hall–Kier alpha value is -1.63. The van der Waals surface area contributed by atoms with Gasteiger partial charge in [-0.25, -0.2) is 0 Å². The van der Waals surface area contributed by atoms with Gasteiger partial charge in [0.1, 0.15) is 0 Å². The molecular weight excluding hydrogens is 270 g/mol. The first kappa shape index (κ1) is 15.8. The number of rotatable bonds is 6. The Kier molecular flexibility index (Phi) is 5.55. The molecule has 21 heavy (non-hydrogen) atoms. The summed E-state index contributed by atoms with van der Waals surface area (Å²) < 4.78 is 11.2. The van der Waals surface area contributed by atoms with Gasteiger partial charge in [0.25, 0.3) is 0 Å². The summed E-state index contributed by atoms with van der Waals surface area (Å²) in [7, 11) is 0. The van der Waals surface area contributed by atoms with E-state index in [1.807, 2.05) is 13.8 Å². The highest BCUT2D eigenvalue weighted by atomic mass is 16.5. The molecule has 1 aromatic rings. The lowest BCUT2D eigenvalue weighted by Crippen LogP contribution is -2.42. The van der Waals surface area contributed by atoms with Crippen molar-refractivity contribution in [1.29, 1.82) is 0 Å². The van der Waals surface area contributed by atoms with Gasteiger partial charge in [-0.05, 0) is 27.2 Å². The second-order valence-electron chi connectivity index (χ2n) is 5.46. The van der Waals surface area contributed by atoms with Gasteiger partial charge in [-0.3, -0.25) is 0 Å². The number of hydrogen-bond acceptors (Lipinski definition) is 7. The molecule has 1 N–H and O–H groups in total. The Morgan fingerprint density at radius 2 is 2.19 bits per heavy atom. The molecule has 1 atom stereocenters. The summed E-state index contributed by atoms with van der Waals surface area (Å²) in [5.41, 5.74) is 0. The predicted molar refractivity (Wildman–Crippen MR) is 82.0 cm³/mol. The predicted octanol–water partition coefficient (Wildman–Crippen LogP) is 1.71. The van der Waals surface area contributed by atoms with Crippen LogP contribution in [-0.4, -0.2) is 53.4 Å². The van der Waals surface area contributed by atoms with Gasteiger partial charge in [-0.2, -0.15) is 15.0 Å². The quantitative estimate of drug-likeness (QED) is 0.856. The standard InChI is InChI=1S/C14H25N5O2/c1-5-6-15-12-16-13(18-14(17-12)21-10(2)3)19-7-8-20-11(4)9-19/h10-11H,5-9H2,1-4H3,(H,15,16,17,18). The van der Waals surface area contributed by atoms with Gasteiger partial charge in [-0.15, -0.1) is 0 Å². The van der Waals surface area contributed by atoms with Crippen LogP contribution in [0.15, 0.2) is 0 Å². The van der Waals surface area contributed by atoms with E-state index in [2.05, 4.69) is 39.0 Å². The third kappa shape index (κ3) is 4.70. The highest BCUT2D eigenvalue weighted by Gasteiger charge is 2.21. The molecule has 1 aliphatic heterocycles. The molecule has 1 fully saturated rings. The summed E-state index contributed by atoms with van der Waals surface area (Å²) in [5, 5.41) is 3.20. The molecule has 7 heteroatoms. The van der Waals surface area contributed by atoms with Gasteiger partial charge in [0.05, 0.1) is 18.8 Å². The summed E-state index contributed by atoms with van der Waals surface area (Å²) in [6.07, 6.45) is 1.22. The summed E-state index contributed by atoms with van der Waals surface area (Å²) in [6, 6.07) is 0.368. The van der Waals surface area contributed by atoms with Crippen molar-refractivity contribution in [2.75, 3.05) is 36.5 Å². The topological polar surface area (TPSA) is 72.4 Å². The number of nitrogens with zero attached hydrogens (tertiary/aromatic N) is 4. The summed E-state index contributed by atoms with van der Waals surface area (Å²) in [6.45, 7) is 11.1. The van der Waals surface area contributed by atoms with Crippen LogP contribution in [0.5, 0.6) is 6.01 Å². The molecule has 0 radical (unpaired) electrons. The maximum Gasteiger partial charge on any atom is 0.323 e. The van der Waals surface area contributed by atoms with Crippen molar-refractivity contribution in [3.8, 4) is 6.01 Å². The minimum atomic E-state index is 0.0305. The van der Waals surface area contributed by atoms with Crippen molar-refractivity contribution in [1.82, 2.24) is 15.0 Å². The van der Waals surface area contributed by atoms with Crippen molar-refractivity contribution in [3.63, 3.8) is 0 Å². The Labute approximate surface area is 126 Å². The monoisotopic (exact) mass is 295 g/mol. The van der Waals surface area contributed by atoms with Crippen LogP contribution in [0.4, 0.5) is 11.9 Å². The molecule has 0 aliphatic carbocycles.